The molecule has 1 saturated heterocycles. The zero-order valence-corrected chi connectivity index (χ0v) is 10.6. The number of nitrogens with one attached hydrogen (secondary N) is 3. The number of benzene rings is 1. The average molecular weight is 263 g/mol. The smallest absolute Gasteiger partial charge is 0.408 e. The van der Waals surface area contributed by atoms with Crippen molar-refractivity contribution in [1.82, 2.24) is 15.6 Å². The largest absolute Gasteiger partial charge is 0.417 e. The van der Waals surface area contributed by atoms with E-state index in [0.717, 1.165) is 43.9 Å². The fraction of sp³-hybridized carbons (Fsp3) is 0.462. The van der Waals surface area contributed by atoms with Gasteiger partial charge < -0.3 is 19.8 Å². The Balaban J connectivity index is 1.57. The van der Waals surface area contributed by atoms with Crippen molar-refractivity contribution in [2.75, 3.05) is 26.2 Å². The molecule has 0 aliphatic carbocycles. The number of rotatable bonds is 4. The first-order valence-corrected chi connectivity index (χ1v) is 6.46. The molecule has 3 N–H and O–H groups in total. The highest BCUT2D eigenvalue weighted by Gasteiger charge is 2.12. The Morgan fingerprint density at radius 2 is 2.37 bits per heavy atom. The fourth-order valence-corrected chi connectivity index (χ4v) is 2.23. The SMILES string of the molecule is O=c1[nH]c2ccc(CNCC3CNCCO3)cc2o1. The molecule has 6 nitrogen and oxygen atoms in total. The van der Waals surface area contributed by atoms with Crippen molar-refractivity contribution < 1.29 is 9.15 Å². The Morgan fingerprint density at radius 1 is 1.42 bits per heavy atom. The monoisotopic (exact) mass is 263 g/mol. The van der Waals surface area contributed by atoms with Crippen LogP contribution < -0.4 is 16.4 Å². The van der Waals surface area contributed by atoms with E-state index in [1.807, 2.05) is 18.2 Å². The molecule has 1 fully saturated rings. The van der Waals surface area contributed by atoms with E-state index < -0.39 is 5.76 Å². The minimum Gasteiger partial charge on any atom is -0.408 e. The van der Waals surface area contributed by atoms with Crippen LogP contribution in [0.3, 0.4) is 0 Å². The summed E-state index contributed by atoms with van der Waals surface area (Å²) in [6.45, 7) is 4.12. The van der Waals surface area contributed by atoms with Gasteiger partial charge in [-0.2, -0.15) is 0 Å². The van der Waals surface area contributed by atoms with Gasteiger partial charge >= 0.3 is 5.76 Å². The molecular weight excluding hydrogens is 246 g/mol. The zero-order valence-electron chi connectivity index (χ0n) is 10.6. The standard InChI is InChI=1S/C13H17N3O3/c17-13-16-11-2-1-9(5-12(11)19-13)6-15-8-10-7-14-3-4-18-10/h1-2,5,10,14-15H,3-4,6-8H2,(H,16,17). The molecule has 1 unspecified atom stereocenters. The van der Waals surface area contributed by atoms with Crippen LogP contribution in [0.2, 0.25) is 0 Å². The second kappa shape index (κ2) is 5.56. The van der Waals surface area contributed by atoms with Crippen molar-refractivity contribution in [3.8, 4) is 0 Å². The predicted molar refractivity (Wildman–Crippen MR) is 71.2 cm³/mol. The molecule has 6 heteroatoms. The van der Waals surface area contributed by atoms with Gasteiger partial charge in [-0.1, -0.05) is 6.07 Å². The van der Waals surface area contributed by atoms with Crippen molar-refractivity contribution in [3.05, 3.63) is 34.3 Å². The van der Waals surface area contributed by atoms with Crippen molar-refractivity contribution in [1.29, 1.82) is 0 Å². The summed E-state index contributed by atoms with van der Waals surface area (Å²) in [5, 5.41) is 6.64. The summed E-state index contributed by atoms with van der Waals surface area (Å²) in [6.07, 6.45) is 0.225. The van der Waals surface area contributed by atoms with Gasteiger partial charge in [-0.05, 0) is 17.7 Å². The van der Waals surface area contributed by atoms with Crippen LogP contribution >= 0.6 is 0 Å². The molecule has 3 rings (SSSR count). The van der Waals surface area contributed by atoms with Gasteiger partial charge in [0, 0.05) is 26.2 Å². The first kappa shape index (κ1) is 12.4. The second-order valence-corrected chi connectivity index (χ2v) is 4.67. The third kappa shape index (κ3) is 3.04. The summed E-state index contributed by atoms with van der Waals surface area (Å²) in [5.74, 6) is -0.415. The minimum absolute atomic E-state index is 0.225. The number of oxazole rings is 1. The molecule has 1 aromatic carbocycles. The molecule has 0 spiro atoms. The molecule has 1 aliphatic heterocycles. The number of fused-ring (bicyclic) bond motifs is 1. The van der Waals surface area contributed by atoms with E-state index in [0.29, 0.717) is 5.58 Å². The van der Waals surface area contributed by atoms with Crippen molar-refractivity contribution >= 4 is 11.1 Å². The molecule has 19 heavy (non-hydrogen) atoms. The summed E-state index contributed by atoms with van der Waals surface area (Å²) >= 11 is 0. The van der Waals surface area contributed by atoms with E-state index in [4.69, 9.17) is 9.15 Å². The number of aromatic amines is 1. The van der Waals surface area contributed by atoms with Crippen LogP contribution in [-0.2, 0) is 11.3 Å². The van der Waals surface area contributed by atoms with Gasteiger partial charge in [-0.15, -0.1) is 0 Å². The van der Waals surface area contributed by atoms with E-state index >= 15 is 0 Å². The first-order chi connectivity index (χ1) is 9.31. The summed E-state index contributed by atoms with van der Waals surface area (Å²) < 4.78 is 10.6. The van der Waals surface area contributed by atoms with Crippen LogP contribution in [0.25, 0.3) is 11.1 Å². The number of H-pyrrole nitrogens is 1. The lowest BCUT2D eigenvalue weighted by molar-refractivity contribution is 0.0291. The van der Waals surface area contributed by atoms with Gasteiger partial charge in [0.2, 0.25) is 0 Å². The summed E-state index contributed by atoms with van der Waals surface area (Å²) in [6, 6.07) is 5.71. The van der Waals surface area contributed by atoms with Gasteiger partial charge in [0.15, 0.2) is 5.58 Å². The molecule has 0 amide bonds. The Bertz CT molecular complexity index is 598. The quantitative estimate of drug-likeness (QED) is 0.734. The molecule has 2 heterocycles. The highest BCUT2D eigenvalue weighted by molar-refractivity contribution is 5.72. The molecule has 0 radical (unpaired) electrons. The van der Waals surface area contributed by atoms with Crippen LogP contribution in [0.15, 0.2) is 27.4 Å². The van der Waals surface area contributed by atoms with Gasteiger partial charge in [0.05, 0.1) is 18.2 Å². The van der Waals surface area contributed by atoms with Gasteiger partial charge in [0.25, 0.3) is 0 Å². The van der Waals surface area contributed by atoms with Gasteiger partial charge in [-0.25, -0.2) is 4.79 Å². The van der Waals surface area contributed by atoms with Crippen LogP contribution in [-0.4, -0.2) is 37.3 Å². The lowest BCUT2D eigenvalue weighted by Crippen LogP contribution is -2.43. The van der Waals surface area contributed by atoms with Crippen LogP contribution in [0, 0.1) is 0 Å². The topological polar surface area (TPSA) is 79.3 Å². The van der Waals surface area contributed by atoms with Gasteiger partial charge in [-0.3, -0.25) is 4.98 Å². The zero-order chi connectivity index (χ0) is 13.1. The molecular formula is C13H17N3O3. The maximum atomic E-state index is 11.1. The number of hydrogen-bond donors (Lipinski definition) is 3. The highest BCUT2D eigenvalue weighted by atomic mass is 16.5. The average Bonchev–Trinajstić information content (AvgIpc) is 2.79. The molecule has 0 saturated carbocycles. The maximum absolute atomic E-state index is 11.1. The fourth-order valence-electron chi connectivity index (χ4n) is 2.23. The summed E-state index contributed by atoms with van der Waals surface area (Å²) in [4.78, 5) is 13.7. The lowest BCUT2D eigenvalue weighted by atomic mass is 10.2. The number of morpholine rings is 1. The lowest BCUT2D eigenvalue weighted by Gasteiger charge is -2.23. The second-order valence-electron chi connectivity index (χ2n) is 4.67. The van der Waals surface area contributed by atoms with Crippen LogP contribution in [0.5, 0.6) is 0 Å². The molecule has 1 atom stereocenters. The van der Waals surface area contributed by atoms with E-state index in [1.54, 1.807) is 0 Å². The number of aromatic nitrogens is 1. The van der Waals surface area contributed by atoms with Crippen molar-refractivity contribution in [2.24, 2.45) is 0 Å². The summed E-state index contributed by atoms with van der Waals surface area (Å²) in [7, 11) is 0. The molecule has 0 bridgehead atoms. The Hall–Kier alpha value is -1.63. The van der Waals surface area contributed by atoms with Crippen LogP contribution in [0.4, 0.5) is 0 Å². The first-order valence-electron chi connectivity index (χ1n) is 6.46. The Morgan fingerprint density at radius 3 is 3.21 bits per heavy atom. The van der Waals surface area contributed by atoms with Crippen LogP contribution in [0.1, 0.15) is 5.56 Å². The van der Waals surface area contributed by atoms with Crippen molar-refractivity contribution in [3.63, 3.8) is 0 Å². The minimum atomic E-state index is -0.415. The Labute approximate surface area is 110 Å². The number of hydrogen-bond acceptors (Lipinski definition) is 5. The number of ether oxygens (including phenoxy) is 1. The Kier molecular flexibility index (Phi) is 3.63. The molecule has 102 valence electrons. The molecule has 1 aromatic heterocycles. The van der Waals surface area contributed by atoms with Crippen molar-refractivity contribution in [2.45, 2.75) is 12.6 Å². The predicted octanol–water partition coefficient (Wildman–Crippen LogP) is 0.199. The summed E-state index contributed by atoms with van der Waals surface area (Å²) in [5.41, 5.74) is 2.41. The highest BCUT2D eigenvalue weighted by Crippen LogP contribution is 2.12. The molecule has 1 aliphatic rings. The van der Waals surface area contributed by atoms with Gasteiger partial charge in [0.1, 0.15) is 0 Å². The van der Waals surface area contributed by atoms with E-state index in [1.165, 1.54) is 0 Å². The van der Waals surface area contributed by atoms with E-state index in [-0.39, 0.29) is 6.10 Å². The third-order valence-corrected chi connectivity index (χ3v) is 3.19. The van der Waals surface area contributed by atoms with E-state index in [9.17, 15) is 4.79 Å². The van der Waals surface area contributed by atoms with E-state index in [2.05, 4.69) is 15.6 Å². The maximum Gasteiger partial charge on any atom is 0.417 e. The third-order valence-electron chi connectivity index (χ3n) is 3.19. The normalized spacial score (nSPS) is 19.9. The molecule has 2 aromatic rings.